The molecule has 0 fully saturated rings. The lowest BCUT2D eigenvalue weighted by atomic mass is 10.1. The summed E-state index contributed by atoms with van der Waals surface area (Å²) < 4.78 is 0. The fraction of sp³-hybridized carbons (Fsp3) is 0.833. The van der Waals surface area contributed by atoms with Crippen LogP contribution < -0.4 is 10.6 Å². The molecule has 0 aromatic carbocycles. The number of nitrogens with one attached hydrogen (secondary N) is 2. The van der Waals surface area contributed by atoms with Gasteiger partial charge in [0.2, 0.25) is 11.8 Å². The molecule has 0 aromatic rings. The van der Waals surface area contributed by atoms with E-state index in [0.29, 0.717) is 0 Å². The van der Waals surface area contributed by atoms with Gasteiger partial charge in [-0.3, -0.25) is 9.59 Å². The highest BCUT2D eigenvalue weighted by Gasteiger charge is 2.27. The molecule has 0 spiro atoms. The van der Waals surface area contributed by atoms with Crippen LogP contribution in [0.2, 0.25) is 0 Å². The van der Waals surface area contributed by atoms with Crippen LogP contribution in [0.4, 0.5) is 0 Å². The van der Waals surface area contributed by atoms with Crippen LogP contribution in [0.25, 0.3) is 0 Å². The third kappa shape index (κ3) is 7.15. The summed E-state index contributed by atoms with van der Waals surface area (Å²) in [5.74, 6) is -0.949. The Morgan fingerprint density at radius 2 is 1.70 bits per heavy atom. The van der Waals surface area contributed by atoms with Gasteiger partial charge in [0, 0.05) is 13.1 Å². The van der Waals surface area contributed by atoms with Gasteiger partial charge in [-0.05, 0) is 13.8 Å². The number of carbonyl (C=O) groups is 2. The van der Waals surface area contributed by atoms with Gasteiger partial charge < -0.3 is 20.8 Å². The van der Waals surface area contributed by atoms with E-state index in [2.05, 4.69) is 20.9 Å². The summed E-state index contributed by atoms with van der Waals surface area (Å²) in [6.07, 6.45) is 0. The van der Waals surface area contributed by atoms with Crippen molar-refractivity contribution in [2.75, 3.05) is 32.8 Å². The first kappa shape index (κ1) is 18.5. The van der Waals surface area contributed by atoms with E-state index >= 15 is 0 Å². The highest BCUT2D eigenvalue weighted by atomic mass is 16.3. The summed E-state index contributed by atoms with van der Waals surface area (Å²) in [7, 11) is 0. The van der Waals surface area contributed by atoms with E-state index in [-0.39, 0.29) is 50.6 Å². The Morgan fingerprint density at radius 3 is 2.25 bits per heavy atom. The molecule has 8 heteroatoms. The molecule has 116 valence electrons. The van der Waals surface area contributed by atoms with Gasteiger partial charge in [0.1, 0.15) is 0 Å². The molecule has 0 aliphatic rings. The predicted octanol–water partition coefficient (Wildman–Crippen LogP) is -0.930. The molecule has 0 bridgehead atoms. The van der Waals surface area contributed by atoms with Crippen molar-refractivity contribution >= 4 is 11.8 Å². The van der Waals surface area contributed by atoms with Gasteiger partial charge in [0.05, 0.1) is 25.7 Å². The molecule has 8 nitrogen and oxygen atoms in total. The zero-order chi connectivity index (χ0) is 15.6. The number of nitrogens with zero attached hydrogens (tertiary/aromatic N) is 2. The second-order valence-electron chi connectivity index (χ2n) is 4.88. The second kappa shape index (κ2) is 9.38. The van der Waals surface area contributed by atoms with Crippen molar-refractivity contribution in [1.82, 2.24) is 10.6 Å². The van der Waals surface area contributed by atoms with Crippen molar-refractivity contribution < 1.29 is 19.8 Å². The number of azo groups is 1. The summed E-state index contributed by atoms with van der Waals surface area (Å²) in [5, 5.41) is 30.1. The zero-order valence-electron chi connectivity index (χ0n) is 12.2. The SMILES string of the molecule is CC(CN=NC(C)(C)C(=O)NCCO)C(=O)NCCO. The molecule has 1 unspecified atom stereocenters. The van der Waals surface area contributed by atoms with E-state index in [1.165, 1.54) is 0 Å². The van der Waals surface area contributed by atoms with Crippen molar-refractivity contribution in [3.8, 4) is 0 Å². The first-order valence-electron chi connectivity index (χ1n) is 6.51. The standard InChI is InChI=1S/C12H24N4O4/c1-9(10(19)13-4-6-17)8-15-16-12(2,3)11(20)14-5-7-18/h9,17-18H,4-8H2,1-3H3,(H,13,19)(H,14,20). The van der Waals surface area contributed by atoms with Crippen LogP contribution in [-0.4, -0.2) is 60.4 Å². The van der Waals surface area contributed by atoms with Crippen molar-refractivity contribution in [3.63, 3.8) is 0 Å². The van der Waals surface area contributed by atoms with Crippen molar-refractivity contribution in [1.29, 1.82) is 0 Å². The second-order valence-corrected chi connectivity index (χ2v) is 4.88. The minimum Gasteiger partial charge on any atom is -0.395 e. The lowest BCUT2D eigenvalue weighted by Gasteiger charge is -2.17. The van der Waals surface area contributed by atoms with E-state index in [1.807, 2.05) is 0 Å². The molecule has 0 saturated carbocycles. The van der Waals surface area contributed by atoms with Gasteiger partial charge in [-0.1, -0.05) is 6.92 Å². The maximum Gasteiger partial charge on any atom is 0.249 e. The Labute approximate surface area is 118 Å². The van der Waals surface area contributed by atoms with E-state index in [9.17, 15) is 9.59 Å². The van der Waals surface area contributed by atoms with E-state index in [1.54, 1.807) is 20.8 Å². The number of aliphatic hydroxyl groups is 2. The van der Waals surface area contributed by atoms with E-state index < -0.39 is 5.54 Å². The molecule has 0 saturated heterocycles. The summed E-state index contributed by atoms with van der Waals surface area (Å²) in [5.41, 5.74) is -1.05. The molecule has 1 atom stereocenters. The normalized spacial score (nSPS) is 13.2. The van der Waals surface area contributed by atoms with Gasteiger partial charge >= 0.3 is 0 Å². The molecule has 2 amide bonds. The van der Waals surface area contributed by atoms with Crippen LogP contribution in [0.15, 0.2) is 10.2 Å². The van der Waals surface area contributed by atoms with Crippen LogP contribution in [0.1, 0.15) is 20.8 Å². The Bertz CT molecular complexity index is 344. The summed E-state index contributed by atoms with van der Waals surface area (Å²) in [4.78, 5) is 23.2. The number of hydrogen-bond donors (Lipinski definition) is 4. The van der Waals surface area contributed by atoms with Crippen LogP contribution in [0, 0.1) is 5.92 Å². The smallest absolute Gasteiger partial charge is 0.249 e. The molecule has 20 heavy (non-hydrogen) atoms. The number of aliphatic hydroxyl groups excluding tert-OH is 2. The van der Waals surface area contributed by atoms with E-state index in [4.69, 9.17) is 10.2 Å². The first-order valence-corrected chi connectivity index (χ1v) is 6.51. The lowest BCUT2D eigenvalue weighted by molar-refractivity contribution is -0.125. The highest BCUT2D eigenvalue weighted by molar-refractivity contribution is 5.85. The van der Waals surface area contributed by atoms with Gasteiger partial charge in [-0.25, -0.2) is 0 Å². The maximum absolute atomic E-state index is 11.7. The van der Waals surface area contributed by atoms with Gasteiger partial charge in [-0.2, -0.15) is 10.2 Å². The quantitative estimate of drug-likeness (QED) is 0.409. The minimum atomic E-state index is -1.05. The molecular weight excluding hydrogens is 264 g/mol. The first-order chi connectivity index (χ1) is 9.35. The topological polar surface area (TPSA) is 123 Å². The maximum atomic E-state index is 11.7. The summed E-state index contributed by atoms with van der Waals surface area (Å²) in [6.45, 7) is 5.16. The fourth-order valence-electron chi connectivity index (χ4n) is 1.21. The molecule has 0 aliphatic heterocycles. The Kier molecular flexibility index (Phi) is 8.66. The van der Waals surface area contributed by atoms with Crippen molar-refractivity contribution in [2.24, 2.45) is 16.1 Å². The van der Waals surface area contributed by atoms with E-state index in [0.717, 1.165) is 0 Å². The minimum absolute atomic E-state index is 0.113. The molecule has 0 aromatic heterocycles. The summed E-state index contributed by atoms with van der Waals surface area (Å²) in [6, 6.07) is 0. The van der Waals surface area contributed by atoms with Crippen LogP contribution in [0.5, 0.6) is 0 Å². The number of hydrogen-bond acceptors (Lipinski definition) is 6. The largest absolute Gasteiger partial charge is 0.395 e. The third-order valence-electron chi connectivity index (χ3n) is 2.49. The average Bonchev–Trinajstić information content (AvgIpc) is 2.41. The lowest BCUT2D eigenvalue weighted by Crippen LogP contribution is -2.41. The Hall–Kier alpha value is -1.54. The van der Waals surface area contributed by atoms with Crippen LogP contribution in [0.3, 0.4) is 0 Å². The predicted molar refractivity (Wildman–Crippen MR) is 73.2 cm³/mol. The highest BCUT2D eigenvalue weighted by Crippen LogP contribution is 2.10. The molecule has 4 N–H and O–H groups in total. The van der Waals surface area contributed by atoms with Crippen LogP contribution in [-0.2, 0) is 9.59 Å². The monoisotopic (exact) mass is 288 g/mol. The van der Waals surface area contributed by atoms with Crippen LogP contribution >= 0.6 is 0 Å². The van der Waals surface area contributed by atoms with Crippen molar-refractivity contribution in [2.45, 2.75) is 26.3 Å². The summed E-state index contributed by atoms with van der Waals surface area (Å²) >= 11 is 0. The van der Waals surface area contributed by atoms with Gasteiger partial charge in [0.15, 0.2) is 5.54 Å². The molecule has 0 aliphatic carbocycles. The van der Waals surface area contributed by atoms with Crippen molar-refractivity contribution in [3.05, 3.63) is 0 Å². The Morgan fingerprint density at radius 1 is 1.15 bits per heavy atom. The molecule has 0 heterocycles. The molecule has 0 radical (unpaired) electrons. The third-order valence-corrected chi connectivity index (χ3v) is 2.49. The molecule has 0 rings (SSSR count). The number of carbonyl (C=O) groups excluding carboxylic acids is 2. The van der Waals surface area contributed by atoms with Gasteiger partial charge in [0.25, 0.3) is 0 Å². The zero-order valence-corrected chi connectivity index (χ0v) is 12.2. The van der Waals surface area contributed by atoms with Gasteiger partial charge in [-0.15, -0.1) is 0 Å². The Balaban J connectivity index is 4.27. The number of rotatable bonds is 9. The fourth-order valence-corrected chi connectivity index (χ4v) is 1.21. The number of amides is 2. The average molecular weight is 288 g/mol. The molecular formula is C12H24N4O4.